The Morgan fingerprint density at radius 2 is 1.76 bits per heavy atom. The highest BCUT2D eigenvalue weighted by Gasteiger charge is 2.13. The van der Waals surface area contributed by atoms with E-state index >= 15 is 0 Å². The average Bonchev–Trinajstić information content (AvgIpc) is 2.25. The first kappa shape index (κ1) is 14.2. The van der Waals surface area contributed by atoms with Gasteiger partial charge in [0.25, 0.3) is 0 Å². The van der Waals surface area contributed by atoms with Crippen LogP contribution in [-0.4, -0.2) is 20.2 Å². The van der Waals surface area contributed by atoms with Gasteiger partial charge >= 0.3 is 0 Å². The lowest BCUT2D eigenvalue weighted by molar-refractivity contribution is 0.580. The number of hydrogen-bond acceptors (Lipinski definition) is 3. The van der Waals surface area contributed by atoms with Gasteiger partial charge in [-0.05, 0) is 38.8 Å². The van der Waals surface area contributed by atoms with Gasteiger partial charge in [-0.15, -0.1) is 0 Å². The quantitative estimate of drug-likeness (QED) is 0.793. The summed E-state index contributed by atoms with van der Waals surface area (Å²) in [5, 5.41) is 0. The summed E-state index contributed by atoms with van der Waals surface area (Å²) in [4.78, 5) is 0.420. The standard InChI is InChI=1S/C13H21NO2S/c1-11-6-8-13(9-7-11)17(15,16)10-4-3-5-12(2)14/h6-9,12H,3-5,10,14H2,1-2H3. The van der Waals surface area contributed by atoms with Crippen molar-refractivity contribution >= 4 is 9.84 Å². The number of sulfone groups is 1. The summed E-state index contributed by atoms with van der Waals surface area (Å²) in [5.41, 5.74) is 6.69. The molecule has 17 heavy (non-hydrogen) atoms. The molecule has 0 amide bonds. The molecular formula is C13H21NO2S. The topological polar surface area (TPSA) is 60.2 Å². The average molecular weight is 255 g/mol. The summed E-state index contributed by atoms with van der Waals surface area (Å²) in [6.45, 7) is 3.88. The van der Waals surface area contributed by atoms with E-state index in [1.807, 2.05) is 26.0 Å². The third-order valence-electron chi connectivity index (χ3n) is 2.70. The second-order valence-corrected chi connectivity index (χ2v) is 6.71. The normalized spacial score (nSPS) is 13.6. The smallest absolute Gasteiger partial charge is 0.178 e. The molecule has 0 aliphatic heterocycles. The molecule has 1 unspecified atom stereocenters. The third kappa shape index (κ3) is 4.88. The van der Waals surface area contributed by atoms with Crippen molar-refractivity contribution in [2.45, 2.75) is 44.0 Å². The Morgan fingerprint density at radius 1 is 1.18 bits per heavy atom. The molecule has 0 fully saturated rings. The van der Waals surface area contributed by atoms with Gasteiger partial charge < -0.3 is 5.73 Å². The number of hydrogen-bond donors (Lipinski definition) is 1. The number of benzene rings is 1. The molecule has 0 aliphatic rings. The van der Waals surface area contributed by atoms with E-state index in [0.717, 1.165) is 18.4 Å². The van der Waals surface area contributed by atoms with Crippen LogP contribution in [0.3, 0.4) is 0 Å². The lowest BCUT2D eigenvalue weighted by Crippen LogP contribution is -2.15. The van der Waals surface area contributed by atoms with Crippen molar-refractivity contribution in [3.63, 3.8) is 0 Å². The summed E-state index contributed by atoms with van der Waals surface area (Å²) in [6, 6.07) is 7.16. The van der Waals surface area contributed by atoms with E-state index in [1.165, 1.54) is 0 Å². The van der Waals surface area contributed by atoms with E-state index in [4.69, 9.17) is 5.73 Å². The maximum Gasteiger partial charge on any atom is 0.178 e. The molecule has 1 atom stereocenters. The maximum atomic E-state index is 12.0. The molecule has 0 spiro atoms. The van der Waals surface area contributed by atoms with E-state index in [2.05, 4.69) is 0 Å². The van der Waals surface area contributed by atoms with E-state index in [-0.39, 0.29) is 11.8 Å². The lowest BCUT2D eigenvalue weighted by Gasteiger charge is -2.06. The molecule has 0 bridgehead atoms. The Morgan fingerprint density at radius 3 is 2.29 bits per heavy atom. The Balaban J connectivity index is 2.54. The van der Waals surface area contributed by atoms with Crippen LogP contribution in [0.4, 0.5) is 0 Å². The van der Waals surface area contributed by atoms with Crippen molar-refractivity contribution in [1.29, 1.82) is 0 Å². The minimum absolute atomic E-state index is 0.150. The molecule has 1 aromatic rings. The Hall–Kier alpha value is -0.870. The summed E-state index contributed by atoms with van der Waals surface area (Å²) in [5.74, 6) is 0.211. The van der Waals surface area contributed by atoms with Gasteiger partial charge in [-0.2, -0.15) is 0 Å². The van der Waals surface area contributed by atoms with Crippen molar-refractivity contribution in [3.05, 3.63) is 29.8 Å². The number of unbranched alkanes of at least 4 members (excludes halogenated alkanes) is 1. The molecule has 0 heterocycles. The molecule has 0 aromatic heterocycles. The summed E-state index contributed by atoms with van der Waals surface area (Å²) in [6.07, 6.45) is 2.42. The summed E-state index contributed by atoms with van der Waals surface area (Å²) < 4.78 is 23.9. The van der Waals surface area contributed by atoms with Crippen molar-refractivity contribution in [2.75, 3.05) is 5.75 Å². The Kier molecular flexibility index (Phi) is 5.15. The molecular weight excluding hydrogens is 234 g/mol. The SMILES string of the molecule is Cc1ccc(S(=O)(=O)CCCCC(C)N)cc1. The molecule has 96 valence electrons. The van der Waals surface area contributed by atoms with Crippen LogP contribution in [0.5, 0.6) is 0 Å². The van der Waals surface area contributed by atoms with Crippen LogP contribution in [0.2, 0.25) is 0 Å². The number of rotatable bonds is 6. The van der Waals surface area contributed by atoms with Crippen LogP contribution < -0.4 is 5.73 Å². The van der Waals surface area contributed by atoms with E-state index < -0.39 is 9.84 Å². The predicted octanol–water partition coefficient (Wildman–Crippen LogP) is 2.29. The molecule has 0 radical (unpaired) electrons. The highest BCUT2D eigenvalue weighted by Crippen LogP contribution is 2.14. The van der Waals surface area contributed by atoms with Gasteiger partial charge in [0.2, 0.25) is 0 Å². The van der Waals surface area contributed by atoms with Crippen LogP contribution in [0.25, 0.3) is 0 Å². The molecule has 2 N–H and O–H groups in total. The first-order chi connectivity index (χ1) is 7.92. The molecule has 0 saturated heterocycles. The largest absolute Gasteiger partial charge is 0.328 e. The summed E-state index contributed by atoms with van der Waals surface area (Å²) >= 11 is 0. The maximum absolute atomic E-state index is 12.0. The number of nitrogens with two attached hydrogens (primary N) is 1. The first-order valence-electron chi connectivity index (χ1n) is 5.97. The van der Waals surface area contributed by atoms with Crippen LogP contribution in [0.1, 0.15) is 31.7 Å². The van der Waals surface area contributed by atoms with Gasteiger partial charge in [0.15, 0.2) is 9.84 Å². The first-order valence-corrected chi connectivity index (χ1v) is 7.62. The molecule has 1 rings (SSSR count). The molecule has 3 nitrogen and oxygen atoms in total. The van der Waals surface area contributed by atoms with E-state index in [0.29, 0.717) is 11.3 Å². The molecule has 4 heteroatoms. The molecule has 0 aliphatic carbocycles. The van der Waals surface area contributed by atoms with Crippen molar-refractivity contribution < 1.29 is 8.42 Å². The zero-order valence-corrected chi connectivity index (χ0v) is 11.3. The summed E-state index contributed by atoms with van der Waals surface area (Å²) in [7, 11) is -3.12. The molecule has 0 saturated carbocycles. The van der Waals surface area contributed by atoms with Crippen molar-refractivity contribution in [1.82, 2.24) is 0 Å². The minimum atomic E-state index is -3.12. The van der Waals surface area contributed by atoms with Crippen LogP contribution in [0.15, 0.2) is 29.2 Å². The zero-order valence-electron chi connectivity index (χ0n) is 10.5. The number of aryl methyl sites for hydroxylation is 1. The van der Waals surface area contributed by atoms with Gasteiger partial charge in [-0.25, -0.2) is 8.42 Å². The van der Waals surface area contributed by atoms with Crippen LogP contribution in [0, 0.1) is 6.92 Å². The van der Waals surface area contributed by atoms with Gasteiger partial charge in [-0.1, -0.05) is 24.1 Å². The van der Waals surface area contributed by atoms with Crippen LogP contribution in [-0.2, 0) is 9.84 Å². The highest BCUT2D eigenvalue weighted by atomic mass is 32.2. The molecule has 1 aromatic carbocycles. The lowest BCUT2D eigenvalue weighted by atomic mass is 10.2. The Labute approximate surface area is 104 Å². The Bertz CT molecular complexity index is 435. The van der Waals surface area contributed by atoms with E-state index in [1.54, 1.807) is 12.1 Å². The van der Waals surface area contributed by atoms with Gasteiger partial charge in [0.05, 0.1) is 10.6 Å². The second kappa shape index (κ2) is 6.17. The van der Waals surface area contributed by atoms with Gasteiger partial charge in [0, 0.05) is 6.04 Å². The van der Waals surface area contributed by atoms with Crippen molar-refractivity contribution in [2.24, 2.45) is 5.73 Å². The fraction of sp³-hybridized carbons (Fsp3) is 0.538. The van der Waals surface area contributed by atoms with Crippen molar-refractivity contribution in [3.8, 4) is 0 Å². The second-order valence-electron chi connectivity index (χ2n) is 4.60. The van der Waals surface area contributed by atoms with Crippen LogP contribution >= 0.6 is 0 Å². The predicted molar refractivity (Wildman–Crippen MR) is 70.7 cm³/mol. The fourth-order valence-electron chi connectivity index (χ4n) is 1.62. The van der Waals surface area contributed by atoms with Gasteiger partial charge in [0.1, 0.15) is 0 Å². The monoisotopic (exact) mass is 255 g/mol. The highest BCUT2D eigenvalue weighted by molar-refractivity contribution is 7.91. The third-order valence-corrected chi connectivity index (χ3v) is 4.52. The zero-order chi connectivity index (χ0) is 12.9. The van der Waals surface area contributed by atoms with E-state index in [9.17, 15) is 8.42 Å². The fourth-order valence-corrected chi connectivity index (χ4v) is 2.99. The minimum Gasteiger partial charge on any atom is -0.328 e. The van der Waals surface area contributed by atoms with Gasteiger partial charge in [-0.3, -0.25) is 0 Å².